The summed E-state index contributed by atoms with van der Waals surface area (Å²) in [7, 11) is 6.61. The molecular formula is C40H34IrN9O4-3. The van der Waals surface area contributed by atoms with Crippen LogP contribution < -0.4 is 33.2 Å². The summed E-state index contributed by atoms with van der Waals surface area (Å²) in [5.41, 5.74) is 4.40. The van der Waals surface area contributed by atoms with Crippen LogP contribution in [0.2, 0.25) is 0 Å². The van der Waals surface area contributed by atoms with Crippen LogP contribution in [0.4, 0.5) is 0 Å². The van der Waals surface area contributed by atoms with Gasteiger partial charge in [-0.1, -0.05) is 18.2 Å². The standard InChI is InChI=1S/2C17H15N2O2.C6H4N5.Ir/c2*1-20-16-7-3-5-14(11-16)18-9-10-19(13-18)15-6-4-8-17(12-15)21-2;1-2-4-7-5(3-1)6-8-10-11-9-6;/h2*3-5,7-12H,1-2H3;1-4H;/q3*-1;. The second-order valence-corrected chi connectivity index (χ2v) is 10.8. The summed E-state index contributed by atoms with van der Waals surface area (Å²) in [6.45, 7) is 0. The molecule has 0 aliphatic rings. The summed E-state index contributed by atoms with van der Waals surface area (Å²) >= 11 is 0. The summed E-state index contributed by atoms with van der Waals surface area (Å²) in [6.07, 6.45) is 15.9. The van der Waals surface area contributed by atoms with Gasteiger partial charge in [-0.3, -0.25) is 24.4 Å². The topological polar surface area (TPSA) is 120 Å². The van der Waals surface area contributed by atoms with Gasteiger partial charge in [0.25, 0.3) is 12.7 Å². The normalized spacial score (nSPS) is 10.1. The van der Waals surface area contributed by atoms with Crippen molar-refractivity contribution in [3.8, 4) is 57.3 Å². The molecule has 0 aliphatic carbocycles. The molecule has 0 unspecified atom stereocenters. The Balaban J connectivity index is 0.000000162. The zero-order valence-electron chi connectivity index (χ0n) is 29.7. The van der Waals surface area contributed by atoms with Crippen LogP contribution in [0.1, 0.15) is 0 Å². The zero-order valence-corrected chi connectivity index (χ0v) is 32.1. The maximum Gasteiger partial charge on any atom is 0.267 e. The number of tetrazole rings is 1. The van der Waals surface area contributed by atoms with Gasteiger partial charge in [-0.15, -0.1) is 24.3 Å². The summed E-state index contributed by atoms with van der Waals surface area (Å²) in [4.78, 5) is 4.02. The molecule has 8 rings (SSSR count). The average molecular weight is 897 g/mol. The second kappa shape index (κ2) is 19.3. The third-order valence-electron chi connectivity index (χ3n) is 7.54. The number of ether oxygens (including phenoxy) is 4. The molecule has 275 valence electrons. The van der Waals surface area contributed by atoms with Crippen LogP contribution in [0.5, 0.6) is 23.0 Å². The average Bonchev–Trinajstić information content (AvgIpc) is 4.06. The molecule has 0 N–H and O–H groups in total. The number of imidazole rings is 2. The van der Waals surface area contributed by atoms with Crippen LogP contribution in [0, 0.1) is 24.8 Å². The predicted molar refractivity (Wildman–Crippen MR) is 193 cm³/mol. The van der Waals surface area contributed by atoms with Crippen molar-refractivity contribution in [1.29, 1.82) is 0 Å². The Bertz CT molecular complexity index is 2080. The monoisotopic (exact) mass is 897 g/mol. The van der Waals surface area contributed by atoms with Gasteiger partial charge in [0, 0.05) is 62.6 Å². The minimum atomic E-state index is 0. The molecule has 0 saturated carbocycles. The summed E-state index contributed by atoms with van der Waals surface area (Å²) < 4.78 is 28.5. The first-order chi connectivity index (χ1) is 26.1. The summed E-state index contributed by atoms with van der Waals surface area (Å²) in [6, 6.07) is 38.7. The molecule has 0 aliphatic heterocycles. The molecule has 54 heavy (non-hydrogen) atoms. The van der Waals surface area contributed by atoms with Crippen LogP contribution in [0.3, 0.4) is 0 Å². The first-order valence-electron chi connectivity index (χ1n) is 16.1. The Kier molecular flexibility index (Phi) is 13.8. The Hall–Kier alpha value is -6.63. The van der Waals surface area contributed by atoms with Crippen molar-refractivity contribution in [2.24, 2.45) is 0 Å². The predicted octanol–water partition coefficient (Wildman–Crippen LogP) is 4.63. The molecule has 13 nitrogen and oxygen atoms in total. The van der Waals surface area contributed by atoms with Crippen LogP contribution in [-0.2, 0) is 20.1 Å². The zero-order chi connectivity index (χ0) is 36.8. The van der Waals surface area contributed by atoms with E-state index in [-0.39, 0.29) is 20.1 Å². The molecule has 0 bridgehead atoms. The molecule has 0 spiro atoms. The third kappa shape index (κ3) is 10.0. The number of methoxy groups -OCH3 is 4. The molecule has 0 atom stereocenters. The van der Waals surface area contributed by atoms with Gasteiger partial charge in [0.15, 0.2) is 0 Å². The van der Waals surface area contributed by atoms with Gasteiger partial charge < -0.3 is 33.2 Å². The molecule has 4 aromatic heterocycles. The van der Waals surface area contributed by atoms with Crippen LogP contribution in [-0.4, -0.2) is 58.1 Å². The molecule has 0 fully saturated rings. The fraction of sp³-hybridized carbons (Fsp3) is 0.100. The molecule has 1 radical (unpaired) electrons. The number of aromatic nitrogens is 9. The van der Waals surface area contributed by atoms with Gasteiger partial charge in [-0.05, 0) is 59.9 Å². The van der Waals surface area contributed by atoms with Crippen molar-refractivity contribution in [1.82, 2.24) is 34.7 Å². The number of hydrogen-bond donors (Lipinski definition) is 0. The summed E-state index contributed by atoms with van der Waals surface area (Å²) in [5, 5.41) is 14.0. The fourth-order valence-corrected chi connectivity index (χ4v) is 4.85. The number of rotatable bonds is 9. The molecular weight excluding hydrogens is 863 g/mol. The smallest absolute Gasteiger partial charge is 0.267 e. The number of benzene rings is 4. The van der Waals surface area contributed by atoms with E-state index in [4.69, 9.17) is 18.9 Å². The van der Waals surface area contributed by atoms with E-state index in [0.717, 1.165) is 45.7 Å². The first kappa shape index (κ1) is 38.6. The van der Waals surface area contributed by atoms with Gasteiger partial charge in [0.1, 0.15) is 11.5 Å². The molecule has 14 heteroatoms. The minimum Gasteiger partial charge on any atom is -0.523 e. The molecule has 8 aromatic rings. The van der Waals surface area contributed by atoms with E-state index in [1.807, 2.05) is 140 Å². The first-order valence-corrected chi connectivity index (χ1v) is 16.1. The number of nitrogens with zero attached hydrogens (tertiary/aromatic N) is 9. The van der Waals surface area contributed by atoms with E-state index in [1.165, 1.54) is 0 Å². The van der Waals surface area contributed by atoms with Crippen molar-refractivity contribution in [3.05, 3.63) is 159 Å². The summed E-state index contributed by atoms with van der Waals surface area (Å²) in [5.74, 6) is 3.67. The molecule has 4 heterocycles. The van der Waals surface area contributed by atoms with Gasteiger partial charge >= 0.3 is 0 Å². The van der Waals surface area contributed by atoms with E-state index in [9.17, 15) is 0 Å². The van der Waals surface area contributed by atoms with E-state index >= 15 is 0 Å². The van der Waals surface area contributed by atoms with Crippen molar-refractivity contribution in [3.63, 3.8) is 0 Å². The molecule has 0 saturated heterocycles. The molecule has 0 amide bonds. The SMILES string of the molecule is COc1cc[c-]c(-n2[c-][n+](-c3cccc(OC)c3)cc2)c1.COc1cc[c-]c(-n2[c-][n+](-c3cccc(OC)c3)cc2)c1.[Ir].c1ccc(-c2nnn[n-]2)nc1. The van der Waals surface area contributed by atoms with Crippen molar-refractivity contribution in [2.75, 3.05) is 28.4 Å². The Morgan fingerprint density at radius 2 is 1.13 bits per heavy atom. The van der Waals surface area contributed by atoms with E-state index in [0.29, 0.717) is 11.5 Å². The van der Waals surface area contributed by atoms with E-state index in [2.05, 4.69) is 50.4 Å². The van der Waals surface area contributed by atoms with Crippen LogP contribution in [0.15, 0.2) is 134 Å². The number of pyridine rings is 1. The fourth-order valence-electron chi connectivity index (χ4n) is 4.85. The van der Waals surface area contributed by atoms with E-state index in [1.54, 1.807) is 40.7 Å². The quantitative estimate of drug-likeness (QED) is 0.151. The van der Waals surface area contributed by atoms with Gasteiger partial charge in [0.2, 0.25) is 0 Å². The van der Waals surface area contributed by atoms with Crippen molar-refractivity contribution >= 4 is 0 Å². The minimum absolute atomic E-state index is 0. The van der Waals surface area contributed by atoms with Crippen molar-refractivity contribution < 1.29 is 48.2 Å². The van der Waals surface area contributed by atoms with Crippen molar-refractivity contribution in [2.45, 2.75) is 0 Å². The number of hydrogen-bond acceptors (Lipinski definition) is 8. The Labute approximate surface area is 326 Å². The van der Waals surface area contributed by atoms with E-state index < -0.39 is 0 Å². The Morgan fingerprint density at radius 1 is 0.611 bits per heavy atom. The van der Waals surface area contributed by atoms with Gasteiger partial charge in [-0.25, -0.2) is 0 Å². The largest absolute Gasteiger partial charge is 0.523 e. The second-order valence-electron chi connectivity index (χ2n) is 10.8. The maximum atomic E-state index is 5.24. The molecule has 4 aromatic carbocycles. The maximum absolute atomic E-state index is 5.24. The van der Waals surface area contributed by atoms with Crippen LogP contribution in [0.25, 0.3) is 34.3 Å². The van der Waals surface area contributed by atoms with Gasteiger partial charge in [0.05, 0.1) is 51.3 Å². The third-order valence-corrected chi connectivity index (χ3v) is 7.54. The Morgan fingerprint density at radius 3 is 1.57 bits per heavy atom. The van der Waals surface area contributed by atoms with Gasteiger partial charge in [-0.2, -0.15) is 29.5 Å². The van der Waals surface area contributed by atoms with Crippen LogP contribution >= 0.6 is 0 Å².